The van der Waals surface area contributed by atoms with Gasteiger partial charge in [0.25, 0.3) is 0 Å². The Balaban J connectivity index is -0.000000219. The maximum Gasteiger partial charge on any atom is 0.410 e. The number of ether oxygens (including phenoxy) is 1. The smallest absolute Gasteiger partial charge is 0.410 e. The number of piperidine rings is 1. The van der Waals surface area contributed by atoms with E-state index in [9.17, 15) is 9.59 Å². The summed E-state index contributed by atoms with van der Waals surface area (Å²) in [6, 6.07) is 9.55. The molecule has 0 atom stereocenters. The third kappa shape index (κ3) is 25.5. The maximum atomic E-state index is 11.7. The van der Waals surface area contributed by atoms with Gasteiger partial charge in [0.15, 0.2) is 0 Å². The number of ketones is 1. The molecule has 0 aliphatic carbocycles. The Morgan fingerprint density at radius 1 is 1.10 bits per heavy atom. The Bertz CT molecular complexity index is 479. The first-order chi connectivity index (χ1) is 14.4. The molecule has 2 rings (SSSR count). The normalized spacial score (nSPS) is 11.2. The monoisotopic (exact) mass is 427 g/mol. The van der Waals surface area contributed by atoms with Crippen molar-refractivity contribution in [3.63, 3.8) is 0 Å². The van der Waals surface area contributed by atoms with E-state index < -0.39 is 0 Å². The van der Waals surface area contributed by atoms with E-state index in [-0.39, 0.29) is 31.2 Å². The fourth-order valence-electron chi connectivity index (χ4n) is 1.75. The second kappa shape index (κ2) is 28.7. The lowest BCUT2D eigenvalue weighted by Gasteiger charge is -2.25. The summed E-state index contributed by atoms with van der Waals surface area (Å²) in [6.45, 7) is 18.6. The minimum atomic E-state index is -0.332. The highest BCUT2D eigenvalue weighted by Crippen LogP contribution is 2.09. The van der Waals surface area contributed by atoms with Crippen LogP contribution in [-0.2, 0) is 20.9 Å². The number of hydrogen-bond donors (Lipinski definition) is 2. The van der Waals surface area contributed by atoms with Crippen LogP contribution < -0.4 is 0 Å². The average Bonchev–Trinajstić information content (AvgIpc) is 2.78. The van der Waals surface area contributed by atoms with Crippen LogP contribution in [0.2, 0.25) is 0 Å². The summed E-state index contributed by atoms with van der Waals surface area (Å²) in [5, 5.41) is 15.6. The summed E-state index contributed by atoms with van der Waals surface area (Å²) < 4.78 is 5.18. The van der Waals surface area contributed by atoms with E-state index in [0.29, 0.717) is 25.9 Å². The van der Waals surface area contributed by atoms with E-state index in [4.69, 9.17) is 19.7 Å². The fraction of sp³-hybridized carbons (Fsp3) is 0.522. The molecule has 0 unspecified atom stereocenters. The van der Waals surface area contributed by atoms with Crippen LogP contribution in [0, 0.1) is 0 Å². The number of aliphatic hydroxyl groups is 2. The first kappa shape index (κ1) is 35.0. The van der Waals surface area contributed by atoms with Crippen LogP contribution in [-0.4, -0.2) is 59.6 Å². The second-order valence-corrected chi connectivity index (χ2v) is 5.48. The van der Waals surface area contributed by atoms with E-state index >= 15 is 0 Å². The number of carbonyl (C=O) groups excluding carboxylic acids is 3. The number of nitrogens with zero attached hydrogens (tertiary/aromatic N) is 1. The molecule has 0 spiro atoms. The van der Waals surface area contributed by atoms with Crippen molar-refractivity contribution < 1.29 is 29.3 Å². The van der Waals surface area contributed by atoms with E-state index in [1.807, 2.05) is 51.0 Å². The molecule has 1 aromatic rings. The molecule has 0 saturated carbocycles. The van der Waals surface area contributed by atoms with Gasteiger partial charge in [0.1, 0.15) is 19.2 Å². The van der Waals surface area contributed by atoms with E-state index in [0.717, 1.165) is 5.56 Å². The van der Waals surface area contributed by atoms with Crippen LogP contribution >= 0.6 is 0 Å². The Hall–Kier alpha value is -2.51. The first-order valence-electron chi connectivity index (χ1n) is 9.95. The highest BCUT2D eigenvalue weighted by Gasteiger charge is 2.21. The van der Waals surface area contributed by atoms with Gasteiger partial charge >= 0.3 is 6.09 Å². The van der Waals surface area contributed by atoms with Crippen molar-refractivity contribution in [2.45, 2.75) is 60.2 Å². The standard InChI is InChI=1S/C13H15NO3.C3H8O.C2H6O.C2H6.C2H4.CH2O/c15-12-6-8-14(9-7-12)13(16)17-10-11-4-2-1-3-5-11;1-3(2)4;1-2-3;3*1-2/h1-5H,6-10H2;3-4H,1-2H3;3H,2H2,1H3;1-2H3;1-2H2;1H2. The van der Waals surface area contributed by atoms with Crippen LogP contribution in [0.15, 0.2) is 43.5 Å². The Labute approximate surface area is 182 Å². The Morgan fingerprint density at radius 2 is 1.47 bits per heavy atom. The van der Waals surface area contributed by atoms with Crippen LogP contribution in [0.1, 0.15) is 53.0 Å². The highest BCUT2D eigenvalue weighted by molar-refractivity contribution is 5.81. The van der Waals surface area contributed by atoms with Crippen molar-refractivity contribution in [2.24, 2.45) is 0 Å². The molecule has 7 heteroatoms. The van der Waals surface area contributed by atoms with E-state index in [2.05, 4.69) is 13.2 Å². The minimum absolute atomic E-state index is 0.167. The molecule has 1 aliphatic rings. The van der Waals surface area contributed by atoms with Gasteiger partial charge < -0.3 is 24.6 Å². The summed E-state index contributed by atoms with van der Waals surface area (Å²) in [5.74, 6) is 0.220. The molecular formula is C23H41NO6. The van der Waals surface area contributed by atoms with Crippen molar-refractivity contribution in [2.75, 3.05) is 19.7 Å². The van der Waals surface area contributed by atoms with Crippen molar-refractivity contribution in [1.29, 1.82) is 0 Å². The van der Waals surface area contributed by atoms with Gasteiger partial charge in [-0.2, -0.15) is 0 Å². The topological polar surface area (TPSA) is 104 Å². The number of aliphatic hydroxyl groups excluding tert-OH is 2. The van der Waals surface area contributed by atoms with Crippen LogP contribution in [0.25, 0.3) is 0 Å². The number of Topliss-reactive ketones (excluding diaryl/α,β-unsaturated/α-hetero) is 1. The summed E-state index contributed by atoms with van der Waals surface area (Å²) in [4.78, 5) is 32.3. The van der Waals surface area contributed by atoms with E-state index in [1.165, 1.54) is 0 Å². The predicted molar refractivity (Wildman–Crippen MR) is 122 cm³/mol. The molecule has 1 amide bonds. The van der Waals surface area contributed by atoms with Crippen LogP contribution in [0.5, 0.6) is 0 Å². The molecule has 7 nitrogen and oxygen atoms in total. The molecule has 2 N–H and O–H groups in total. The molecule has 1 aliphatic heterocycles. The van der Waals surface area contributed by atoms with E-state index in [1.54, 1.807) is 25.7 Å². The number of hydrogen-bond acceptors (Lipinski definition) is 6. The lowest BCUT2D eigenvalue weighted by atomic mass is 10.1. The lowest BCUT2D eigenvalue weighted by Crippen LogP contribution is -2.38. The first-order valence-corrected chi connectivity index (χ1v) is 9.95. The van der Waals surface area contributed by atoms with Gasteiger partial charge in [-0.1, -0.05) is 44.2 Å². The lowest BCUT2D eigenvalue weighted by molar-refractivity contribution is -0.121. The number of rotatable bonds is 2. The zero-order valence-corrected chi connectivity index (χ0v) is 19.3. The zero-order chi connectivity index (χ0) is 24.4. The molecule has 174 valence electrons. The highest BCUT2D eigenvalue weighted by atomic mass is 16.6. The van der Waals surface area contributed by atoms with Crippen LogP contribution in [0.4, 0.5) is 4.79 Å². The van der Waals surface area contributed by atoms with Gasteiger partial charge in [0.05, 0.1) is 0 Å². The summed E-state index contributed by atoms with van der Waals surface area (Å²) in [6.07, 6.45) is 0.391. The van der Waals surface area contributed by atoms with Gasteiger partial charge in [-0.3, -0.25) is 4.79 Å². The summed E-state index contributed by atoms with van der Waals surface area (Å²) in [7, 11) is 0. The van der Waals surface area contributed by atoms with Gasteiger partial charge in [-0.25, -0.2) is 4.79 Å². The van der Waals surface area contributed by atoms with Gasteiger partial charge in [0.2, 0.25) is 0 Å². The third-order valence-corrected chi connectivity index (χ3v) is 2.78. The van der Waals surface area contributed by atoms with Crippen LogP contribution in [0.3, 0.4) is 0 Å². The van der Waals surface area contributed by atoms with Gasteiger partial charge in [-0.15, -0.1) is 13.2 Å². The Kier molecular flexibility index (Phi) is 33.4. The van der Waals surface area contributed by atoms with Crippen molar-refractivity contribution in [1.82, 2.24) is 4.90 Å². The summed E-state index contributed by atoms with van der Waals surface area (Å²) >= 11 is 0. The van der Waals surface area contributed by atoms with Gasteiger partial charge in [-0.05, 0) is 26.3 Å². The number of likely N-dealkylation sites (tertiary alicyclic amines) is 1. The number of amides is 1. The third-order valence-electron chi connectivity index (χ3n) is 2.78. The zero-order valence-electron chi connectivity index (χ0n) is 19.3. The number of benzene rings is 1. The molecular weight excluding hydrogens is 386 g/mol. The molecule has 0 bridgehead atoms. The fourth-order valence-corrected chi connectivity index (χ4v) is 1.75. The second-order valence-electron chi connectivity index (χ2n) is 5.48. The van der Waals surface area contributed by atoms with Crippen molar-refractivity contribution in [3.05, 3.63) is 49.1 Å². The average molecular weight is 428 g/mol. The minimum Gasteiger partial charge on any atom is -0.445 e. The van der Waals surface area contributed by atoms with Crippen molar-refractivity contribution in [3.8, 4) is 0 Å². The molecule has 30 heavy (non-hydrogen) atoms. The quantitative estimate of drug-likeness (QED) is 0.691. The summed E-state index contributed by atoms with van der Waals surface area (Å²) in [5.41, 5.74) is 0.967. The molecule has 0 aromatic heterocycles. The SMILES string of the molecule is C=C.C=O.CC.CC(C)O.CCO.O=C1CCN(C(=O)OCc2ccccc2)CC1. The maximum absolute atomic E-state index is 11.7. The predicted octanol–water partition coefficient (Wildman–Crippen LogP) is 4.02. The van der Waals surface area contributed by atoms with Crippen molar-refractivity contribution >= 4 is 18.7 Å². The Morgan fingerprint density at radius 3 is 1.83 bits per heavy atom. The molecule has 1 fully saturated rings. The number of carbonyl (C=O) groups is 3. The molecule has 1 saturated heterocycles. The molecule has 0 radical (unpaired) electrons. The largest absolute Gasteiger partial charge is 0.445 e. The van der Waals surface area contributed by atoms with Gasteiger partial charge in [0, 0.05) is 38.6 Å². The molecule has 1 heterocycles. The molecule has 1 aromatic carbocycles.